The summed E-state index contributed by atoms with van der Waals surface area (Å²) in [6.45, 7) is 1.03. The van der Waals surface area contributed by atoms with E-state index in [1.165, 1.54) is 10.5 Å². The second-order valence-corrected chi connectivity index (χ2v) is 4.15. The number of Topliss-reactive ketones (excluding diaryl/α,β-unsaturated/α-hetero) is 1. The van der Waals surface area contributed by atoms with Crippen molar-refractivity contribution in [1.82, 2.24) is 4.98 Å². The van der Waals surface area contributed by atoms with Crippen molar-refractivity contribution < 1.29 is 9.69 Å². The highest BCUT2D eigenvalue weighted by Crippen LogP contribution is 2.26. The predicted molar refractivity (Wildman–Crippen MR) is 56.3 cm³/mol. The zero-order chi connectivity index (χ0) is 10.6. The number of aromatic amines is 1. The molecule has 1 aliphatic heterocycles. The van der Waals surface area contributed by atoms with Crippen molar-refractivity contribution in [2.75, 3.05) is 13.6 Å². The zero-order valence-electron chi connectivity index (χ0n) is 8.48. The van der Waals surface area contributed by atoms with Gasteiger partial charge in [-0.1, -0.05) is 0 Å². The Morgan fingerprint density at radius 3 is 3.13 bits per heavy atom. The highest BCUT2D eigenvalue weighted by Gasteiger charge is 2.34. The number of hydrogen-bond donors (Lipinski definition) is 3. The van der Waals surface area contributed by atoms with E-state index in [2.05, 4.69) is 12.0 Å². The van der Waals surface area contributed by atoms with Crippen LogP contribution < -0.4 is 4.90 Å². The van der Waals surface area contributed by atoms with Gasteiger partial charge in [0.15, 0.2) is 0 Å². The molecule has 0 bridgehead atoms. The molecule has 1 atom stereocenters. The van der Waals surface area contributed by atoms with E-state index in [1.807, 2.05) is 6.20 Å². The Labute approximate surface area is 87.1 Å². The summed E-state index contributed by atoms with van der Waals surface area (Å²) in [5.41, 5.74) is 4.03. The number of ketones is 1. The van der Waals surface area contributed by atoms with Crippen molar-refractivity contribution in [2.24, 2.45) is 0 Å². The number of likely N-dealkylation sites (N-methyl/N-ethyl adjacent to an activating group) is 1. The minimum atomic E-state index is -0.185. The summed E-state index contributed by atoms with van der Waals surface area (Å²) in [5.74, 6) is -0.185. The van der Waals surface area contributed by atoms with Crippen LogP contribution in [0.4, 0.5) is 0 Å². The van der Waals surface area contributed by atoms with Gasteiger partial charge in [-0.15, -0.1) is 0 Å². The number of carbonyl (C=O) groups is 1. The maximum atomic E-state index is 11.7. The second-order valence-electron chi connectivity index (χ2n) is 4.15. The Kier molecular flexibility index (Phi) is 1.53. The fraction of sp³-hybridized carbons (Fsp3) is 0.273. The molecule has 4 nitrogen and oxygen atoms in total. The van der Waals surface area contributed by atoms with Gasteiger partial charge in [-0.2, -0.15) is 0 Å². The number of aromatic nitrogens is 1. The molecule has 1 aliphatic carbocycles. The van der Waals surface area contributed by atoms with E-state index in [4.69, 9.17) is 5.41 Å². The SMILES string of the molecule is C[NH+]1CCc2c[nH]c3c2C1=CC(=N)C3=O. The molecule has 15 heavy (non-hydrogen) atoms. The monoisotopic (exact) mass is 202 g/mol. The summed E-state index contributed by atoms with van der Waals surface area (Å²) in [7, 11) is 2.08. The maximum Gasteiger partial charge on any atom is 0.227 e. The van der Waals surface area contributed by atoms with Gasteiger partial charge in [0.25, 0.3) is 0 Å². The van der Waals surface area contributed by atoms with Gasteiger partial charge in [-0.05, 0) is 5.56 Å². The first-order chi connectivity index (χ1) is 7.18. The molecule has 3 N–H and O–H groups in total. The third kappa shape index (κ3) is 0.995. The average Bonchev–Trinajstić information content (AvgIpc) is 2.64. The van der Waals surface area contributed by atoms with Gasteiger partial charge in [0, 0.05) is 18.7 Å². The summed E-state index contributed by atoms with van der Waals surface area (Å²) >= 11 is 0. The lowest BCUT2D eigenvalue weighted by atomic mass is 9.91. The van der Waals surface area contributed by atoms with Crippen LogP contribution in [0.15, 0.2) is 12.3 Å². The van der Waals surface area contributed by atoms with E-state index in [0.29, 0.717) is 5.69 Å². The number of rotatable bonds is 0. The lowest BCUT2D eigenvalue weighted by Crippen LogP contribution is -3.07. The van der Waals surface area contributed by atoms with Gasteiger partial charge >= 0.3 is 0 Å². The largest absolute Gasteiger partial charge is 0.357 e. The van der Waals surface area contributed by atoms with Crippen LogP contribution in [0, 0.1) is 5.41 Å². The number of allylic oxidation sites excluding steroid dienone is 1. The van der Waals surface area contributed by atoms with E-state index in [9.17, 15) is 4.79 Å². The second kappa shape index (κ2) is 2.67. The summed E-state index contributed by atoms with van der Waals surface area (Å²) in [6.07, 6.45) is 4.60. The molecular formula is C11H12N3O+. The first-order valence-electron chi connectivity index (χ1n) is 5.07. The van der Waals surface area contributed by atoms with Crippen molar-refractivity contribution >= 4 is 17.2 Å². The third-order valence-corrected chi connectivity index (χ3v) is 3.22. The first kappa shape index (κ1) is 8.61. The first-order valence-corrected chi connectivity index (χ1v) is 5.07. The van der Waals surface area contributed by atoms with Crippen LogP contribution in [0.5, 0.6) is 0 Å². The molecule has 4 heteroatoms. The zero-order valence-corrected chi connectivity index (χ0v) is 8.48. The fourth-order valence-corrected chi connectivity index (χ4v) is 2.36. The number of quaternary nitrogens is 1. The Hall–Kier alpha value is -1.68. The van der Waals surface area contributed by atoms with Crippen molar-refractivity contribution in [3.05, 3.63) is 29.1 Å². The summed E-state index contributed by atoms with van der Waals surface area (Å²) in [6, 6.07) is 0. The van der Waals surface area contributed by atoms with Crippen molar-refractivity contribution in [2.45, 2.75) is 6.42 Å². The molecule has 2 aliphatic rings. The number of nitrogens with one attached hydrogen (secondary N) is 3. The van der Waals surface area contributed by atoms with Crippen LogP contribution in [0.3, 0.4) is 0 Å². The third-order valence-electron chi connectivity index (χ3n) is 3.22. The lowest BCUT2D eigenvalue weighted by Gasteiger charge is -2.25. The van der Waals surface area contributed by atoms with Gasteiger partial charge < -0.3 is 9.88 Å². The van der Waals surface area contributed by atoms with Gasteiger partial charge in [-0.25, -0.2) is 0 Å². The average molecular weight is 202 g/mol. The predicted octanol–water partition coefficient (Wildman–Crippen LogP) is -0.358. The van der Waals surface area contributed by atoms with E-state index < -0.39 is 0 Å². The molecule has 1 aromatic rings. The van der Waals surface area contributed by atoms with E-state index in [1.54, 1.807) is 6.08 Å². The van der Waals surface area contributed by atoms with Gasteiger partial charge in [0.05, 0.1) is 19.2 Å². The number of hydrogen-bond acceptors (Lipinski definition) is 2. The standard InChI is InChI=1S/C11H11N3O/c1-14-3-2-6-5-13-10-9(6)8(14)4-7(12)11(10)15/h4-5,12-13H,2-3H2,1H3/p+1. The molecule has 0 spiro atoms. The molecule has 0 saturated heterocycles. The highest BCUT2D eigenvalue weighted by atomic mass is 16.1. The Morgan fingerprint density at radius 2 is 2.33 bits per heavy atom. The topological polar surface area (TPSA) is 61.1 Å². The van der Waals surface area contributed by atoms with Gasteiger partial charge in [0.1, 0.15) is 17.1 Å². The molecule has 2 heterocycles. The van der Waals surface area contributed by atoms with Crippen LogP contribution in [0.1, 0.15) is 21.6 Å². The maximum absolute atomic E-state index is 11.7. The van der Waals surface area contributed by atoms with Crippen LogP contribution >= 0.6 is 0 Å². The van der Waals surface area contributed by atoms with Crippen molar-refractivity contribution in [3.8, 4) is 0 Å². The lowest BCUT2D eigenvalue weighted by molar-refractivity contribution is -0.804. The van der Waals surface area contributed by atoms with Crippen LogP contribution in [0.2, 0.25) is 0 Å². The molecule has 3 rings (SSSR count). The van der Waals surface area contributed by atoms with Gasteiger partial charge in [0.2, 0.25) is 5.78 Å². The molecule has 1 unspecified atom stereocenters. The molecule has 0 amide bonds. The fourth-order valence-electron chi connectivity index (χ4n) is 2.36. The highest BCUT2D eigenvalue weighted by molar-refractivity contribution is 6.51. The van der Waals surface area contributed by atoms with Crippen molar-refractivity contribution in [1.29, 1.82) is 5.41 Å². The Morgan fingerprint density at radius 1 is 1.53 bits per heavy atom. The molecule has 0 aromatic carbocycles. The molecule has 0 fully saturated rings. The Balaban J connectivity index is 2.31. The smallest absolute Gasteiger partial charge is 0.227 e. The summed E-state index contributed by atoms with van der Waals surface area (Å²) < 4.78 is 0. The van der Waals surface area contributed by atoms with E-state index >= 15 is 0 Å². The summed E-state index contributed by atoms with van der Waals surface area (Å²) in [5, 5.41) is 7.62. The van der Waals surface area contributed by atoms with E-state index in [-0.39, 0.29) is 11.5 Å². The minimum absolute atomic E-state index is 0.0900. The molecule has 1 aromatic heterocycles. The van der Waals surface area contributed by atoms with Gasteiger partial charge in [-0.3, -0.25) is 10.2 Å². The molecule has 0 saturated carbocycles. The molecule has 76 valence electrons. The van der Waals surface area contributed by atoms with Crippen molar-refractivity contribution in [3.63, 3.8) is 0 Å². The van der Waals surface area contributed by atoms with Crippen LogP contribution in [0.25, 0.3) is 5.70 Å². The molecular weight excluding hydrogens is 190 g/mol. The minimum Gasteiger partial charge on any atom is -0.357 e. The van der Waals surface area contributed by atoms with Crippen LogP contribution in [-0.2, 0) is 6.42 Å². The van der Waals surface area contributed by atoms with Crippen LogP contribution in [-0.4, -0.2) is 30.1 Å². The quantitative estimate of drug-likeness (QED) is 0.528. The van der Waals surface area contributed by atoms with E-state index in [0.717, 1.165) is 24.2 Å². The number of carbonyl (C=O) groups excluding carboxylic acids is 1. The summed E-state index contributed by atoms with van der Waals surface area (Å²) in [4.78, 5) is 16.0. The normalized spacial score (nSPS) is 23.8. The Bertz CT molecular complexity index is 510. The number of H-pyrrole nitrogens is 1. The molecule has 0 radical (unpaired) electrons.